The lowest BCUT2D eigenvalue weighted by Gasteiger charge is -2.32. The second-order valence-corrected chi connectivity index (χ2v) is 3.84. The smallest absolute Gasteiger partial charge is 0.237 e. The van der Waals surface area contributed by atoms with Crippen molar-refractivity contribution in [3.8, 4) is 6.07 Å². The zero-order chi connectivity index (χ0) is 9.84. The van der Waals surface area contributed by atoms with Gasteiger partial charge in [-0.1, -0.05) is 6.42 Å². The molecule has 1 saturated carbocycles. The fourth-order valence-electron chi connectivity index (χ4n) is 1.47. The molecule has 0 aromatic heterocycles. The van der Waals surface area contributed by atoms with E-state index in [1.807, 2.05) is 13.0 Å². The number of nitriles is 1. The van der Waals surface area contributed by atoms with Crippen LogP contribution in [0.2, 0.25) is 0 Å². The molecule has 0 aromatic carbocycles. The van der Waals surface area contributed by atoms with Gasteiger partial charge in [0.2, 0.25) is 5.91 Å². The summed E-state index contributed by atoms with van der Waals surface area (Å²) >= 11 is 0. The molecule has 1 N–H and O–H groups in total. The quantitative estimate of drug-likeness (QED) is 0.714. The van der Waals surface area contributed by atoms with Crippen molar-refractivity contribution in [2.75, 3.05) is 0 Å². The van der Waals surface area contributed by atoms with Crippen molar-refractivity contribution < 1.29 is 4.79 Å². The first-order chi connectivity index (χ1) is 6.15. The minimum absolute atomic E-state index is 0.137. The summed E-state index contributed by atoms with van der Waals surface area (Å²) in [5.41, 5.74) is 0. The first-order valence-corrected chi connectivity index (χ1v) is 4.85. The van der Waals surface area contributed by atoms with Crippen molar-refractivity contribution in [1.29, 1.82) is 5.26 Å². The average molecular weight is 180 g/mol. The molecule has 0 radical (unpaired) electrons. The van der Waals surface area contributed by atoms with Gasteiger partial charge in [0.25, 0.3) is 0 Å². The predicted molar refractivity (Wildman–Crippen MR) is 49.7 cm³/mol. The SMILES string of the molecule is CC(C#N)C(=O)N[C@@H](C)C1CCC1. The van der Waals surface area contributed by atoms with Gasteiger partial charge < -0.3 is 5.32 Å². The summed E-state index contributed by atoms with van der Waals surface area (Å²) in [6, 6.07) is 2.17. The highest BCUT2D eigenvalue weighted by Crippen LogP contribution is 2.29. The van der Waals surface area contributed by atoms with E-state index in [0.717, 1.165) is 0 Å². The van der Waals surface area contributed by atoms with Gasteiger partial charge in [0.1, 0.15) is 5.92 Å². The Labute approximate surface area is 79.1 Å². The number of hydrogen-bond donors (Lipinski definition) is 1. The van der Waals surface area contributed by atoms with Crippen molar-refractivity contribution in [2.24, 2.45) is 11.8 Å². The van der Waals surface area contributed by atoms with E-state index in [4.69, 9.17) is 5.26 Å². The van der Waals surface area contributed by atoms with Crippen LogP contribution in [0.1, 0.15) is 33.1 Å². The molecule has 3 heteroatoms. The number of rotatable bonds is 3. The lowest BCUT2D eigenvalue weighted by molar-refractivity contribution is -0.124. The molecule has 1 fully saturated rings. The van der Waals surface area contributed by atoms with Crippen LogP contribution in [0.15, 0.2) is 0 Å². The number of carbonyl (C=O) groups is 1. The molecule has 1 unspecified atom stereocenters. The molecular weight excluding hydrogens is 164 g/mol. The van der Waals surface area contributed by atoms with Gasteiger partial charge in [-0.3, -0.25) is 4.79 Å². The molecule has 0 aromatic rings. The molecule has 13 heavy (non-hydrogen) atoms. The summed E-state index contributed by atoms with van der Waals surface area (Å²) in [7, 11) is 0. The lowest BCUT2D eigenvalue weighted by Crippen LogP contribution is -2.42. The third-order valence-electron chi connectivity index (χ3n) is 2.81. The molecule has 0 heterocycles. The minimum Gasteiger partial charge on any atom is -0.352 e. The Kier molecular flexibility index (Phi) is 3.30. The monoisotopic (exact) mass is 180 g/mol. The Balaban J connectivity index is 2.31. The fraction of sp³-hybridized carbons (Fsp3) is 0.800. The predicted octanol–water partition coefficient (Wildman–Crippen LogP) is 1.45. The molecule has 0 saturated heterocycles. The molecule has 1 aliphatic rings. The molecule has 1 rings (SSSR count). The largest absolute Gasteiger partial charge is 0.352 e. The van der Waals surface area contributed by atoms with Gasteiger partial charge >= 0.3 is 0 Å². The summed E-state index contributed by atoms with van der Waals surface area (Å²) in [4.78, 5) is 11.3. The zero-order valence-corrected chi connectivity index (χ0v) is 8.21. The molecule has 1 aliphatic carbocycles. The highest BCUT2D eigenvalue weighted by molar-refractivity contribution is 5.80. The van der Waals surface area contributed by atoms with Crippen molar-refractivity contribution >= 4 is 5.91 Å². The Morgan fingerprint density at radius 3 is 2.54 bits per heavy atom. The van der Waals surface area contributed by atoms with Gasteiger partial charge in [-0.15, -0.1) is 0 Å². The number of hydrogen-bond acceptors (Lipinski definition) is 2. The van der Waals surface area contributed by atoms with Crippen molar-refractivity contribution in [1.82, 2.24) is 5.32 Å². The van der Waals surface area contributed by atoms with Crippen molar-refractivity contribution in [2.45, 2.75) is 39.2 Å². The fourth-order valence-corrected chi connectivity index (χ4v) is 1.47. The molecule has 0 bridgehead atoms. The molecule has 2 atom stereocenters. The van der Waals surface area contributed by atoms with Crippen LogP contribution in [0.3, 0.4) is 0 Å². The summed E-state index contributed by atoms with van der Waals surface area (Å²) in [5.74, 6) is -0.0285. The summed E-state index contributed by atoms with van der Waals surface area (Å²) in [6.07, 6.45) is 3.70. The highest BCUT2D eigenvalue weighted by atomic mass is 16.1. The van der Waals surface area contributed by atoms with Gasteiger partial charge in [-0.2, -0.15) is 5.26 Å². The molecule has 0 spiro atoms. The highest BCUT2D eigenvalue weighted by Gasteiger charge is 2.26. The Hall–Kier alpha value is -1.04. The summed E-state index contributed by atoms with van der Waals surface area (Å²) in [6.45, 7) is 3.65. The zero-order valence-electron chi connectivity index (χ0n) is 8.21. The van der Waals surface area contributed by atoms with E-state index in [-0.39, 0.29) is 11.9 Å². The maximum atomic E-state index is 11.3. The van der Waals surface area contributed by atoms with E-state index in [9.17, 15) is 4.79 Å². The van der Waals surface area contributed by atoms with E-state index < -0.39 is 5.92 Å². The van der Waals surface area contributed by atoms with E-state index in [2.05, 4.69) is 5.32 Å². The van der Waals surface area contributed by atoms with E-state index in [0.29, 0.717) is 5.92 Å². The van der Waals surface area contributed by atoms with Crippen LogP contribution in [0, 0.1) is 23.2 Å². The van der Waals surface area contributed by atoms with Crippen LogP contribution in [0.4, 0.5) is 0 Å². The maximum Gasteiger partial charge on any atom is 0.237 e. The van der Waals surface area contributed by atoms with Crippen LogP contribution in [-0.4, -0.2) is 11.9 Å². The first kappa shape index (κ1) is 10.0. The molecule has 72 valence electrons. The number of nitrogens with zero attached hydrogens (tertiary/aromatic N) is 1. The van der Waals surface area contributed by atoms with Crippen LogP contribution < -0.4 is 5.32 Å². The molecule has 3 nitrogen and oxygen atoms in total. The normalized spacial score (nSPS) is 21.0. The number of amides is 1. The Morgan fingerprint density at radius 2 is 2.15 bits per heavy atom. The van der Waals surface area contributed by atoms with Crippen LogP contribution in [-0.2, 0) is 4.79 Å². The van der Waals surface area contributed by atoms with Gasteiger partial charge in [0.05, 0.1) is 6.07 Å². The summed E-state index contributed by atoms with van der Waals surface area (Å²) < 4.78 is 0. The molecule has 0 aliphatic heterocycles. The summed E-state index contributed by atoms with van der Waals surface area (Å²) in [5, 5.41) is 11.4. The number of nitrogens with one attached hydrogen (secondary N) is 1. The third kappa shape index (κ3) is 2.45. The van der Waals surface area contributed by atoms with Gasteiger partial charge in [0, 0.05) is 6.04 Å². The van der Waals surface area contributed by atoms with Gasteiger partial charge in [0.15, 0.2) is 0 Å². The molecule has 1 amide bonds. The lowest BCUT2D eigenvalue weighted by atomic mass is 9.80. The first-order valence-electron chi connectivity index (χ1n) is 4.85. The molecular formula is C10H16N2O. The average Bonchev–Trinajstić information content (AvgIpc) is 1.99. The van der Waals surface area contributed by atoms with Crippen molar-refractivity contribution in [3.05, 3.63) is 0 Å². The maximum absolute atomic E-state index is 11.3. The second kappa shape index (κ2) is 4.27. The topological polar surface area (TPSA) is 52.9 Å². The van der Waals surface area contributed by atoms with Gasteiger partial charge in [-0.25, -0.2) is 0 Å². The second-order valence-electron chi connectivity index (χ2n) is 3.84. The van der Waals surface area contributed by atoms with E-state index >= 15 is 0 Å². The Morgan fingerprint density at radius 1 is 1.54 bits per heavy atom. The number of carbonyl (C=O) groups excluding carboxylic acids is 1. The Bertz CT molecular complexity index is 228. The minimum atomic E-state index is -0.525. The van der Waals surface area contributed by atoms with Gasteiger partial charge in [-0.05, 0) is 32.6 Å². The van der Waals surface area contributed by atoms with E-state index in [1.54, 1.807) is 6.92 Å². The standard InChI is InChI=1S/C10H16N2O/c1-7(6-11)10(13)12-8(2)9-4-3-5-9/h7-9H,3-5H2,1-2H3,(H,12,13)/t7?,8-/m0/s1. The van der Waals surface area contributed by atoms with Crippen LogP contribution >= 0.6 is 0 Å². The van der Waals surface area contributed by atoms with Crippen LogP contribution in [0.25, 0.3) is 0 Å². The van der Waals surface area contributed by atoms with Crippen LogP contribution in [0.5, 0.6) is 0 Å². The third-order valence-corrected chi connectivity index (χ3v) is 2.81. The van der Waals surface area contributed by atoms with Crippen molar-refractivity contribution in [3.63, 3.8) is 0 Å². The van der Waals surface area contributed by atoms with E-state index in [1.165, 1.54) is 19.3 Å².